The number of rotatable bonds is 6. The highest BCUT2D eigenvalue weighted by Gasteiger charge is 2.26. The van der Waals surface area contributed by atoms with Crippen molar-refractivity contribution in [2.75, 3.05) is 19.6 Å². The Morgan fingerprint density at radius 2 is 2.19 bits per heavy atom. The molecule has 0 saturated carbocycles. The molecule has 21 heavy (non-hydrogen) atoms. The molecule has 0 atom stereocenters. The van der Waals surface area contributed by atoms with E-state index in [1.165, 1.54) is 16.1 Å². The van der Waals surface area contributed by atoms with Gasteiger partial charge in [0.2, 0.25) is 10.0 Å². The highest BCUT2D eigenvalue weighted by molar-refractivity contribution is 7.89. The van der Waals surface area contributed by atoms with Gasteiger partial charge in [0.25, 0.3) is 0 Å². The fraction of sp³-hybridized carbons (Fsp3) is 0.643. The van der Waals surface area contributed by atoms with Crippen LogP contribution in [0.5, 0.6) is 0 Å². The Morgan fingerprint density at radius 1 is 1.43 bits per heavy atom. The lowest BCUT2D eigenvalue weighted by Crippen LogP contribution is -2.34. The Labute approximate surface area is 126 Å². The largest absolute Gasteiger partial charge is 0.313 e. The lowest BCUT2D eigenvalue weighted by atomic mass is 10.1. The van der Waals surface area contributed by atoms with Gasteiger partial charge < -0.3 is 5.32 Å². The normalized spacial score (nSPS) is 17.2. The van der Waals surface area contributed by atoms with E-state index in [-0.39, 0.29) is 4.90 Å². The van der Waals surface area contributed by atoms with E-state index in [1.54, 1.807) is 10.9 Å². The van der Waals surface area contributed by atoms with Gasteiger partial charge in [0, 0.05) is 31.9 Å². The molecule has 0 unspecified atom stereocenters. The first-order valence-corrected chi connectivity index (χ1v) is 8.75. The molecule has 0 radical (unpaired) electrons. The molecule has 0 aromatic carbocycles. The van der Waals surface area contributed by atoms with Crippen molar-refractivity contribution in [2.24, 2.45) is 0 Å². The van der Waals surface area contributed by atoms with Gasteiger partial charge >= 0.3 is 0 Å². The lowest BCUT2D eigenvalue weighted by molar-refractivity contribution is 0.431. The van der Waals surface area contributed by atoms with Crippen LogP contribution >= 0.6 is 0 Å². The van der Waals surface area contributed by atoms with Gasteiger partial charge in [0.15, 0.2) is 0 Å². The number of aromatic nitrogens is 2. The molecule has 1 aliphatic rings. The molecule has 0 spiro atoms. The van der Waals surface area contributed by atoms with Crippen LogP contribution in [0.25, 0.3) is 0 Å². The van der Waals surface area contributed by atoms with Gasteiger partial charge in [-0.1, -0.05) is 25.5 Å². The van der Waals surface area contributed by atoms with E-state index < -0.39 is 10.0 Å². The number of nitrogens with zero attached hydrogens (tertiary/aromatic N) is 3. The molecule has 2 rings (SSSR count). The summed E-state index contributed by atoms with van der Waals surface area (Å²) < 4.78 is 28.2. The van der Waals surface area contributed by atoms with E-state index in [0.717, 1.165) is 13.0 Å². The van der Waals surface area contributed by atoms with Crippen LogP contribution < -0.4 is 5.32 Å². The lowest BCUT2D eigenvalue weighted by Gasteiger charge is -2.23. The fourth-order valence-corrected chi connectivity index (χ4v) is 3.52. The maximum Gasteiger partial charge on any atom is 0.246 e. The van der Waals surface area contributed by atoms with Crippen molar-refractivity contribution in [2.45, 2.75) is 44.7 Å². The zero-order valence-electron chi connectivity index (χ0n) is 12.9. The molecular weight excluding hydrogens is 288 g/mol. The van der Waals surface area contributed by atoms with Gasteiger partial charge in [-0.05, 0) is 13.3 Å². The summed E-state index contributed by atoms with van der Waals surface area (Å²) in [7, 11) is -3.42. The molecule has 1 aliphatic heterocycles. The van der Waals surface area contributed by atoms with Crippen molar-refractivity contribution >= 4 is 10.0 Å². The minimum Gasteiger partial charge on any atom is -0.313 e. The van der Waals surface area contributed by atoms with Gasteiger partial charge in [0.05, 0.1) is 12.7 Å². The molecule has 0 bridgehead atoms. The van der Waals surface area contributed by atoms with Crippen LogP contribution in [0.3, 0.4) is 0 Å². The first-order valence-electron chi connectivity index (χ1n) is 7.31. The van der Waals surface area contributed by atoms with Crippen LogP contribution in [0.1, 0.15) is 27.2 Å². The number of hydrogen-bond acceptors (Lipinski definition) is 4. The quantitative estimate of drug-likeness (QED) is 0.802. The van der Waals surface area contributed by atoms with E-state index in [1.807, 2.05) is 13.0 Å². The summed E-state index contributed by atoms with van der Waals surface area (Å²) >= 11 is 0. The SMILES string of the molecule is CC1=CCN(S(=O)(=O)c2cnn(CCNC(C)C)c2)CC1. The predicted molar refractivity (Wildman–Crippen MR) is 82.5 cm³/mol. The summed E-state index contributed by atoms with van der Waals surface area (Å²) in [5.74, 6) is 0. The first-order chi connectivity index (χ1) is 9.89. The van der Waals surface area contributed by atoms with Crippen LogP contribution in [-0.4, -0.2) is 48.2 Å². The van der Waals surface area contributed by atoms with Crippen molar-refractivity contribution in [1.29, 1.82) is 0 Å². The van der Waals surface area contributed by atoms with E-state index in [9.17, 15) is 8.42 Å². The Morgan fingerprint density at radius 3 is 2.81 bits per heavy atom. The molecule has 1 aromatic heterocycles. The molecule has 0 fully saturated rings. The third-order valence-electron chi connectivity index (χ3n) is 3.54. The monoisotopic (exact) mass is 312 g/mol. The molecule has 7 heteroatoms. The molecule has 0 amide bonds. The Bertz CT molecular complexity index is 604. The number of nitrogens with one attached hydrogen (secondary N) is 1. The topological polar surface area (TPSA) is 67.2 Å². The molecule has 1 N–H and O–H groups in total. The highest BCUT2D eigenvalue weighted by atomic mass is 32.2. The average Bonchev–Trinajstić information content (AvgIpc) is 2.88. The van der Waals surface area contributed by atoms with Crippen LogP contribution in [0.4, 0.5) is 0 Å². The second kappa shape index (κ2) is 6.72. The molecule has 2 heterocycles. The van der Waals surface area contributed by atoms with Crippen molar-refractivity contribution in [3.63, 3.8) is 0 Å². The van der Waals surface area contributed by atoms with Crippen molar-refractivity contribution in [1.82, 2.24) is 19.4 Å². The fourth-order valence-electron chi connectivity index (χ4n) is 2.19. The summed E-state index contributed by atoms with van der Waals surface area (Å²) in [4.78, 5) is 0.278. The number of sulfonamides is 1. The first kappa shape index (κ1) is 16.2. The van der Waals surface area contributed by atoms with Crippen molar-refractivity contribution in [3.05, 3.63) is 24.0 Å². The van der Waals surface area contributed by atoms with Crippen LogP contribution in [0.2, 0.25) is 0 Å². The van der Waals surface area contributed by atoms with Crippen LogP contribution in [0.15, 0.2) is 28.9 Å². The Balaban J connectivity index is 2.02. The summed E-state index contributed by atoms with van der Waals surface area (Å²) in [6.45, 7) is 8.61. The predicted octanol–water partition coefficient (Wildman–Crippen LogP) is 1.22. The molecule has 118 valence electrons. The number of hydrogen-bond donors (Lipinski definition) is 1. The van der Waals surface area contributed by atoms with E-state index in [2.05, 4.69) is 24.3 Å². The van der Waals surface area contributed by atoms with Gasteiger partial charge in [0.1, 0.15) is 4.90 Å². The maximum absolute atomic E-state index is 12.5. The zero-order chi connectivity index (χ0) is 15.5. The summed E-state index contributed by atoms with van der Waals surface area (Å²) in [5, 5.41) is 7.43. The smallest absolute Gasteiger partial charge is 0.246 e. The van der Waals surface area contributed by atoms with Gasteiger partial charge in [-0.25, -0.2) is 8.42 Å². The van der Waals surface area contributed by atoms with E-state index in [4.69, 9.17) is 0 Å². The maximum atomic E-state index is 12.5. The van der Waals surface area contributed by atoms with E-state index >= 15 is 0 Å². The minimum atomic E-state index is -3.42. The van der Waals surface area contributed by atoms with Gasteiger partial charge in [-0.15, -0.1) is 0 Å². The third kappa shape index (κ3) is 4.15. The van der Waals surface area contributed by atoms with Crippen molar-refractivity contribution in [3.8, 4) is 0 Å². The van der Waals surface area contributed by atoms with Crippen LogP contribution in [-0.2, 0) is 16.6 Å². The Kier molecular flexibility index (Phi) is 5.18. The molecular formula is C14H24N4O2S. The summed E-state index contributed by atoms with van der Waals surface area (Å²) in [6.07, 6.45) is 5.82. The molecule has 1 aromatic rings. The second-order valence-corrected chi connectivity index (χ2v) is 7.65. The summed E-state index contributed by atoms with van der Waals surface area (Å²) in [5.41, 5.74) is 1.25. The standard InChI is InChI=1S/C14H24N4O2S/c1-12(2)15-6-9-17-11-14(10-16-17)21(19,20)18-7-4-13(3)5-8-18/h4,10-12,15H,5-9H2,1-3H3. The average molecular weight is 312 g/mol. The third-order valence-corrected chi connectivity index (χ3v) is 5.36. The molecule has 0 aliphatic carbocycles. The second-order valence-electron chi connectivity index (χ2n) is 5.71. The Hall–Kier alpha value is -1.18. The molecule has 6 nitrogen and oxygen atoms in total. The highest BCUT2D eigenvalue weighted by Crippen LogP contribution is 2.19. The minimum absolute atomic E-state index is 0.278. The van der Waals surface area contributed by atoms with Crippen molar-refractivity contribution < 1.29 is 8.42 Å². The van der Waals surface area contributed by atoms with Gasteiger partial charge in [-0.2, -0.15) is 9.40 Å². The zero-order valence-corrected chi connectivity index (χ0v) is 13.7. The molecule has 0 saturated heterocycles. The van der Waals surface area contributed by atoms with Gasteiger partial charge in [-0.3, -0.25) is 4.68 Å². The van der Waals surface area contributed by atoms with E-state index in [0.29, 0.717) is 25.7 Å². The van der Waals surface area contributed by atoms with Crippen LogP contribution in [0, 0.1) is 0 Å². The summed E-state index contributed by atoms with van der Waals surface area (Å²) in [6, 6.07) is 0.409.